The molecule has 1 aliphatic rings. The van der Waals surface area contributed by atoms with Crippen LogP contribution in [0, 0.1) is 0 Å². The number of nitrogens with one attached hydrogen (secondary N) is 1. The molecule has 2 heterocycles. The Kier molecular flexibility index (Phi) is 5.96. The van der Waals surface area contributed by atoms with E-state index in [1.807, 2.05) is 42.8 Å². The van der Waals surface area contributed by atoms with Crippen molar-refractivity contribution in [1.82, 2.24) is 20.1 Å². The number of carbonyl (C=O) groups excluding carboxylic acids is 1. The molecule has 24 heavy (non-hydrogen) atoms. The predicted molar refractivity (Wildman–Crippen MR) is 96.8 cm³/mol. The van der Waals surface area contributed by atoms with Gasteiger partial charge in [0.05, 0.1) is 23.8 Å². The topological polar surface area (TPSA) is 48.5 Å². The first-order valence-corrected chi connectivity index (χ1v) is 9.31. The second-order valence-electron chi connectivity index (χ2n) is 6.23. The molecule has 1 N–H and O–H groups in total. The number of amides is 1. The van der Waals surface area contributed by atoms with Gasteiger partial charge in [-0.1, -0.05) is 30.3 Å². The fraction of sp³-hybridized carbons (Fsp3) is 0.444. The van der Waals surface area contributed by atoms with Crippen LogP contribution in [0.4, 0.5) is 0 Å². The Labute approximate surface area is 147 Å². The molecule has 1 amide bonds. The van der Waals surface area contributed by atoms with Gasteiger partial charge < -0.3 is 5.32 Å². The normalized spacial score (nSPS) is 17.5. The predicted octanol–water partition coefficient (Wildman–Crippen LogP) is 2.14. The van der Waals surface area contributed by atoms with Crippen molar-refractivity contribution in [2.45, 2.75) is 19.5 Å². The highest BCUT2D eigenvalue weighted by atomic mass is 32.1. The summed E-state index contributed by atoms with van der Waals surface area (Å²) in [6.07, 6.45) is 0. The zero-order valence-corrected chi connectivity index (χ0v) is 14.8. The lowest BCUT2D eigenvalue weighted by Crippen LogP contribution is -2.49. The third kappa shape index (κ3) is 4.87. The minimum atomic E-state index is 0.0460. The highest BCUT2D eigenvalue weighted by molar-refractivity contribution is 7.07. The minimum Gasteiger partial charge on any atom is -0.348 e. The van der Waals surface area contributed by atoms with E-state index in [0.29, 0.717) is 6.54 Å². The zero-order chi connectivity index (χ0) is 16.8. The molecule has 1 atom stereocenters. The third-order valence-electron chi connectivity index (χ3n) is 4.38. The minimum absolute atomic E-state index is 0.0460. The zero-order valence-electron chi connectivity index (χ0n) is 14.0. The van der Waals surface area contributed by atoms with E-state index in [-0.39, 0.29) is 11.9 Å². The number of thiazole rings is 1. The number of carbonyl (C=O) groups is 1. The van der Waals surface area contributed by atoms with Crippen LogP contribution in [0.15, 0.2) is 41.2 Å². The third-order valence-corrected chi connectivity index (χ3v) is 5.01. The standard InChI is InChI=1S/C18H24N4OS/c1-15(16-5-3-2-4-6-16)20-18(23)12-22-9-7-21(8-10-22)11-17-13-24-14-19-17/h2-6,13-15H,7-12H2,1H3,(H,20,23)/t15-/m1/s1. The second kappa shape index (κ2) is 8.37. The lowest BCUT2D eigenvalue weighted by Gasteiger charge is -2.34. The van der Waals surface area contributed by atoms with Crippen molar-refractivity contribution in [3.05, 3.63) is 52.5 Å². The van der Waals surface area contributed by atoms with Crippen LogP contribution in [-0.2, 0) is 11.3 Å². The molecule has 0 bridgehead atoms. The van der Waals surface area contributed by atoms with Crippen molar-refractivity contribution in [2.24, 2.45) is 0 Å². The molecule has 1 saturated heterocycles. The smallest absolute Gasteiger partial charge is 0.234 e. The molecular formula is C18H24N4OS. The van der Waals surface area contributed by atoms with Gasteiger partial charge in [0.15, 0.2) is 0 Å². The fourth-order valence-corrected chi connectivity index (χ4v) is 3.52. The van der Waals surface area contributed by atoms with Gasteiger partial charge in [-0.05, 0) is 12.5 Å². The number of benzene rings is 1. The average Bonchev–Trinajstić information content (AvgIpc) is 3.10. The van der Waals surface area contributed by atoms with Gasteiger partial charge in [-0.2, -0.15) is 0 Å². The molecule has 0 saturated carbocycles. The molecular weight excluding hydrogens is 320 g/mol. The summed E-state index contributed by atoms with van der Waals surface area (Å²) in [5, 5.41) is 5.19. The second-order valence-corrected chi connectivity index (χ2v) is 6.95. The van der Waals surface area contributed by atoms with E-state index in [1.165, 1.54) is 0 Å². The Bertz CT molecular complexity index is 624. The monoisotopic (exact) mass is 344 g/mol. The maximum Gasteiger partial charge on any atom is 0.234 e. The molecule has 1 aromatic heterocycles. The first-order chi connectivity index (χ1) is 11.7. The Morgan fingerprint density at radius 2 is 1.92 bits per heavy atom. The van der Waals surface area contributed by atoms with Gasteiger partial charge >= 0.3 is 0 Å². The fourth-order valence-electron chi connectivity index (χ4n) is 2.97. The first-order valence-electron chi connectivity index (χ1n) is 8.37. The summed E-state index contributed by atoms with van der Waals surface area (Å²) in [4.78, 5) is 21.2. The van der Waals surface area contributed by atoms with E-state index >= 15 is 0 Å². The number of hydrogen-bond acceptors (Lipinski definition) is 5. The van der Waals surface area contributed by atoms with Crippen LogP contribution in [0.25, 0.3) is 0 Å². The van der Waals surface area contributed by atoms with Crippen molar-refractivity contribution in [3.8, 4) is 0 Å². The van der Waals surface area contributed by atoms with Crippen LogP contribution in [0.5, 0.6) is 0 Å². The summed E-state index contributed by atoms with van der Waals surface area (Å²) in [6, 6.07) is 10.1. The largest absolute Gasteiger partial charge is 0.348 e. The Morgan fingerprint density at radius 1 is 1.21 bits per heavy atom. The summed E-state index contributed by atoms with van der Waals surface area (Å²) < 4.78 is 0. The molecule has 1 aromatic carbocycles. The van der Waals surface area contributed by atoms with Crippen LogP contribution >= 0.6 is 11.3 Å². The van der Waals surface area contributed by atoms with Gasteiger partial charge in [0.2, 0.25) is 5.91 Å². The van der Waals surface area contributed by atoms with Crippen molar-refractivity contribution < 1.29 is 4.79 Å². The van der Waals surface area contributed by atoms with Crippen LogP contribution in [0.1, 0.15) is 24.2 Å². The lowest BCUT2D eigenvalue weighted by atomic mass is 10.1. The van der Waals surface area contributed by atoms with Gasteiger partial charge in [0.25, 0.3) is 0 Å². The quantitative estimate of drug-likeness (QED) is 0.872. The highest BCUT2D eigenvalue weighted by Gasteiger charge is 2.20. The maximum atomic E-state index is 12.3. The summed E-state index contributed by atoms with van der Waals surface area (Å²) >= 11 is 1.64. The number of nitrogens with zero attached hydrogens (tertiary/aromatic N) is 3. The molecule has 128 valence electrons. The number of aromatic nitrogens is 1. The van der Waals surface area contributed by atoms with Gasteiger partial charge in [-0.25, -0.2) is 4.98 Å². The molecule has 0 unspecified atom stereocenters. The van der Waals surface area contributed by atoms with Crippen molar-refractivity contribution in [3.63, 3.8) is 0 Å². The van der Waals surface area contributed by atoms with Gasteiger partial charge in [-0.3, -0.25) is 14.6 Å². The van der Waals surface area contributed by atoms with Crippen molar-refractivity contribution in [2.75, 3.05) is 32.7 Å². The van der Waals surface area contributed by atoms with E-state index in [4.69, 9.17) is 0 Å². The molecule has 0 aliphatic carbocycles. The summed E-state index contributed by atoms with van der Waals surface area (Å²) in [5.74, 6) is 0.0966. The molecule has 3 rings (SSSR count). The maximum absolute atomic E-state index is 12.3. The summed E-state index contributed by atoms with van der Waals surface area (Å²) in [7, 11) is 0. The molecule has 1 aliphatic heterocycles. The van der Waals surface area contributed by atoms with E-state index in [1.54, 1.807) is 11.3 Å². The number of hydrogen-bond donors (Lipinski definition) is 1. The van der Waals surface area contributed by atoms with Crippen LogP contribution in [-0.4, -0.2) is 53.4 Å². The molecule has 1 fully saturated rings. The molecule has 0 radical (unpaired) electrons. The molecule has 5 nitrogen and oxygen atoms in total. The van der Waals surface area contributed by atoms with Gasteiger partial charge in [0, 0.05) is 38.1 Å². The Balaban J connectivity index is 1.40. The molecule has 0 spiro atoms. The van der Waals surface area contributed by atoms with E-state index < -0.39 is 0 Å². The van der Waals surface area contributed by atoms with Crippen LogP contribution in [0.3, 0.4) is 0 Å². The van der Waals surface area contributed by atoms with Crippen LogP contribution in [0.2, 0.25) is 0 Å². The summed E-state index contributed by atoms with van der Waals surface area (Å²) in [6.45, 7) is 7.24. The SMILES string of the molecule is C[C@@H](NC(=O)CN1CCN(Cc2cscn2)CC1)c1ccccc1. The van der Waals surface area contributed by atoms with Gasteiger partial charge in [0.1, 0.15) is 0 Å². The van der Waals surface area contributed by atoms with E-state index in [0.717, 1.165) is 44.0 Å². The molecule has 2 aromatic rings. The van der Waals surface area contributed by atoms with Gasteiger partial charge in [-0.15, -0.1) is 11.3 Å². The number of piperazine rings is 1. The number of rotatable bonds is 6. The van der Waals surface area contributed by atoms with Crippen molar-refractivity contribution in [1.29, 1.82) is 0 Å². The Morgan fingerprint density at radius 3 is 2.58 bits per heavy atom. The molecule has 6 heteroatoms. The van der Waals surface area contributed by atoms with E-state index in [9.17, 15) is 4.79 Å². The van der Waals surface area contributed by atoms with Crippen LogP contribution < -0.4 is 5.32 Å². The lowest BCUT2D eigenvalue weighted by molar-refractivity contribution is -0.123. The van der Waals surface area contributed by atoms with Crippen molar-refractivity contribution >= 4 is 17.2 Å². The summed E-state index contributed by atoms with van der Waals surface area (Å²) in [5.41, 5.74) is 4.16. The first kappa shape index (κ1) is 17.1. The highest BCUT2D eigenvalue weighted by Crippen LogP contribution is 2.12. The average molecular weight is 344 g/mol. The van der Waals surface area contributed by atoms with E-state index in [2.05, 4.69) is 25.5 Å². The Hall–Kier alpha value is -1.76.